The van der Waals surface area contributed by atoms with Crippen LogP contribution >= 0.6 is 22.6 Å². The molecule has 1 heterocycles. The Morgan fingerprint density at radius 1 is 1.58 bits per heavy atom. The predicted molar refractivity (Wildman–Crippen MR) is 57.1 cm³/mol. The second kappa shape index (κ2) is 4.18. The van der Waals surface area contributed by atoms with Gasteiger partial charge in [-0.2, -0.15) is 0 Å². The molecular weight excluding hydrogens is 265 g/mol. The lowest BCUT2D eigenvalue weighted by Crippen LogP contribution is -2.02. The van der Waals surface area contributed by atoms with E-state index in [4.69, 9.17) is 4.74 Å². The van der Waals surface area contributed by atoms with Gasteiger partial charge in [0, 0.05) is 16.9 Å². The highest BCUT2D eigenvalue weighted by Crippen LogP contribution is 2.18. The SMILES string of the molecule is CO[C@@H](C)c1ncc(I)cc1C. The van der Waals surface area contributed by atoms with Crippen molar-refractivity contribution in [3.8, 4) is 0 Å². The van der Waals surface area contributed by atoms with E-state index in [-0.39, 0.29) is 6.10 Å². The van der Waals surface area contributed by atoms with Crippen LogP contribution in [0.15, 0.2) is 12.3 Å². The highest BCUT2D eigenvalue weighted by molar-refractivity contribution is 14.1. The first-order valence-corrected chi connectivity index (χ1v) is 4.88. The van der Waals surface area contributed by atoms with Gasteiger partial charge in [0.15, 0.2) is 0 Å². The fourth-order valence-electron chi connectivity index (χ4n) is 1.09. The van der Waals surface area contributed by atoms with Gasteiger partial charge in [-0.1, -0.05) is 0 Å². The maximum atomic E-state index is 5.19. The summed E-state index contributed by atoms with van der Waals surface area (Å²) in [4.78, 5) is 4.32. The van der Waals surface area contributed by atoms with Crippen LogP contribution in [0.2, 0.25) is 0 Å². The van der Waals surface area contributed by atoms with Gasteiger partial charge < -0.3 is 4.74 Å². The molecule has 0 unspecified atom stereocenters. The smallest absolute Gasteiger partial charge is 0.0965 e. The average molecular weight is 277 g/mol. The predicted octanol–water partition coefficient (Wildman–Crippen LogP) is 2.70. The van der Waals surface area contributed by atoms with Crippen molar-refractivity contribution in [1.82, 2.24) is 4.98 Å². The Kier molecular flexibility index (Phi) is 3.46. The van der Waals surface area contributed by atoms with Crippen molar-refractivity contribution in [2.45, 2.75) is 20.0 Å². The largest absolute Gasteiger partial charge is 0.375 e. The van der Waals surface area contributed by atoms with Gasteiger partial charge in [-0.05, 0) is 48.1 Å². The maximum Gasteiger partial charge on any atom is 0.0965 e. The standard InChI is InChI=1S/C9H12INO/c1-6-4-8(10)5-11-9(6)7(2)12-3/h4-5,7H,1-3H3/t7-/m0/s1. The molecule has 66 valence electrons. The Morgan fingerprint density at radius 3 is 2.75 bits per heavy atom. The molecule has 0 saturated carbocycles. The van der Waals surface area contributed by atoms with E-state index >= 15 is 0 Å². The number of aromatic nitrogens is 1. The summed E-state index contributed by atoms with van der Waals surface area (Å²) >= 11 is 2.25. The Balaban J connectivity index is 3.01. The zero-order valence-corrected chi connectivity index (χ0v) is 9.62. The van der Waals surface area contributed by atoms with Gasteiger partial charge in [-0.15, -0.1) is 0 Å². The van der Waals surface area contributed by atoms with Crippen molar-refractivity contribution in [2.75, 3.05) is 7.11 Å². The van der Waals surface area contributed by atoms with Gasteiger partial charge in [0.25, 0.3) is 0 Å². The Labute approximate surface area is 86.5 Å². The third-order valence-electron chi connectivity index (χ3n) is 1.82. The van der Waals surface area contributed by atoms with E-state index in [2.05, 4.69) is 40.6 Å². The highest BCUT2D eigenvalue weighted by atomic mass is 127. The number of hydrogen-bond acceptors (Lipinski definition) is 2. The van der Waals surface area contributed by atoms with Crippen LogP contribution in [-0.4, -0.2) is 12.1 Å². The number of methoxy groups -OCH3 is 1. The zero-order chi connectivity index (χ0) is 9.14. The molecule has 1 rings (SSSR count). The first kappa shape index (κ1) is 9.92. The summed E-state index contributed by atoms with van der Waals surface area (Å²) in [5, 5.41) is 0. The third-order valence-corrected chi connectivity index (χ3v) is 2.41. The summed E-state index contributed by atoms with van der Waals surface area (Å²) in [5.41, 5.74) is 2.22. The van der Waals surface area contributed by atoms with E-state index in [0.29, 0.717) is 0 Å². The minimum atomic E-state index is 0.0852. The molecule has 1 aromatic heterocycles. The van der Waals surface area contributed by atoms with E-state index in [1.165, 1.54) is 5.56 Å². The van der Waals surface area contributed by atoms with Crippen LogP contribution in [-0.2, 0) is 4.74 Å². The second-order valence-corrected chi connectivity index (χ2v) is 3.98. The lowest BCUT2D eigenvalue weighted by molar-refractivity contribution is 0.115. The molecule has 0 radical (unpaired) electrons. The summed E-state index contributed by atoms with van der Waals surface area (Å²) in [6.45, 7) is 4.06. The molecule has 12 heavy (non-hydrogen) atoms. The molecule has 0 fully saturated rings. The first-order valence-electron chi connectivity index (χ1n) is 3.80. The number of aryl methyl sites for hydroxylation is 1. The van der Waals surface area contributed by atoms with Crippen molar-refractivity contribution in [2.24, 2.45) is 0 Å². The zero-order valence-electron chi connectivity index (χ0n) is 7.47. The van der Waals surface area contributed by atoms with E-state index < -0.39 is 0 Å². The molecule has 0 amide bonds. The summed E-state index contributed by atoms with van der Waals surface area (Å²) < 4.78 is 6.36. The van der Waals surface area contributed by atoms with E-state index in [1.807, 2.05) is 13.1 Å². The van der Waals surface area contributed by atoms with Gasteiger partial charge in [0.2, 0.25) is 0 Å². The second-order valence-electron chi connectivity index (χ2n) is 2.73. The van der Waals surface area contributed by atoms with E-state index in [1.54, 1.807) is 7.11 Å². The molecule has 0 N–H and O–H groups in total. The monoisotopic (exact) mass is 277 g/mol. The van der Waals surface area contributed by atoms with Gasteiger partial charge >= 0.3 is 0 Å². The van der Waals surface area contributed by atoms with Crippen LogP contribution in [0, 0.1) is 10.5 Å². The lowest BCUT2D eigenvalue weighted by Gasteiger charge is -2.11. The normalized spacial score (nSPS) is 13.0. The number of ether oxygens (including phenoxy) is 1. The molecule has 0 saturated heterocycles. The fourth-order valence-corrected chi connectivity index (χ4v) is 1.69. The van der Waals surface area contributed by atoms with E-state index in [9.17, 15) is 0 Å². The molecule has 0 aliphatic carbocycles. The Hall–Kier alpha value is -0.160. The highest BCUT2D eigenvalue weighted by Gasteiger charge is 2.08. The van der Waals surface area contributed by atoms with Crippen molar-refractivity contribution in [1.29, 1.82) is 0 Å². The number of rotatable bonds is 2. The van der Waals surface area contributed by atoms with Gasteiger partial charge in [-0.3, -0.25) is 4.98 Å². The molecule has 2 nitrogen and oxygen atoms in total. The minimum absolute atomic E-state index is 0.0852. The molecule has 3 heteroatoms. The molecule has 1 atom stereocenters. The Morgan fingerprint density at radius 2 is 2.25 bits per heavy atom. The number of nitrogens with zero attached hydrogens (tertiary/aromatic N) is 1. The number of pyridine rings is 1. The van der Waals surface area contributed by atoms with Crippen LogP contribution in [0.3, 0.4) is 0 Å². The van der Waals surface area contributed by atoms with Gasteiger partial charge in [0.1, 0.15) is 0 Å². The molecular formula is C9H12INO. The maximum absolute atomic E-state index is 5.19. The summed E-state index contributed by atoms with van der Waals surface area (Å²) in [6, 6.07) is 2.11. The lowest BCUT2D eigenvalue weighted by atomic mass is 10.1. The first-order chi connectivity index (χ1) is 5.65. The number of halogens is 1. The topological polar surface area (TPSA) is 22.1 Å². The molecule has 0 bridgehead atoms. The van der Waals surface area contributed by atoms with Gasteiger partial charge in [0.05, 0.1) is 11.8 Å². The molecule has 0 aliphatic rings. The Bertz CT molecular complexity index is 275. The van der Waals surface area contributed by atoms with Crippen LogP contribution in [0.1, 0.15) is 24.3 Å². The molecule has 0 aromatic carbocycles. The fraction of sp³-hybridized carbons (Fsp3) is 0.444. The molecule has 0 spiro atoms. The molecule has 0 aliphatic heterocycles. The third kappa shape index (κ3) is 2.17. The average Bonchev–Trinajstić information content (AvgIpc) is 2.03. The molecule has 1 aromatic rings. The van der Waals surface area contributed by atoms with Crippen molar-refractivity contribution >= 4 is 22.6 Å². The van der Waals surface area contributed by atoms with Gasteiger partial charge in [-0.25, -0.2) is 0 Å². The quantitative estimate of drug-likeness (QED) is 0.775. The summed E-state index contributed by atoms with van der Waals surface area (Å²) in [6.07, 6.45) is 1.94. The van der Waals surface area contributed by atoms with E-state index in [0.717, 1.165) is 9.26 Å². The summed E-state index contributed by atoms with van der Waals surface area (Å²) in [5.74, 6) is 0. The number of hydrogen-bond donors (Lipinski definition) is 0. The van der Waals surface area contributed by atoms with Crippen LogP contribution in [0.4, 0.5) is 0 Å². The van der Waals surface area contributed by atoms with Crippen molar-refractivity contribution < 1.29 is 4.74 Å². The van der Waals surface area contributed by atoms with Crippen LogP contribution in [0.5, 0.6) is 0 Å². The van der Waals surface area contributed by atoms with Crippen molar-refractivity contribution in [3.63, 3.8) is 0 Å². The van der Waals surface area contributed by atoms with Crippen molar-refractivity contribution in [3.05, 3.63) is 27.1 Å². The minimum Gasteiger partial charge on any atom is -0.375 e. The van der Waals surface area contributed by atoms with Crippen LogP contribution < -0.4 is 0 Å². The summed E-state index contributed by atoms with van der Waals surface area (Å²) in [7, 11) is 1.70. The van der Waals surface area contributed by atoms with Crippen LogP contribution in [0.25, 0.3) is 0 Å².